The molecule has 0 N–H and O–H groups in total. The average Bonchev–Trinajstić information content (AvgIpc) is 2.48. The van der Waals surface area contributed by atoms with Gasteiger partial charge in [0.1, 0.15) is 0 Å². The summed E-state index contributed by atoms with van der Waals surface area (Å²) in [5.74, 6) is -0.254. The Bertz CT molecular complexity index is 610. The van der Waals surface area contributed by atoms with Crippen LogP contribution in [0.1, 0.15) is 12.5 Å². The van der Waals surface area contributed by atoms with Gasteiger partial charge in [0, 0.05) is 18.7 Å². The smallest absolute Gasteiger partial charge is 0.269 e. The number of nitrogens with zero attached hydrogens (tertiary/aromatic N) is 2. The molecule has 1 radical (unpaired) electrons. The van der Waals surface area contributed by atoms with Crippen molar-refractivity contribution >= 4 is 15.5 Å². The molecule has 1 aliphatic rings. The van der Waals surface area contributed by atoms with Crippen molar-refractivity contribution in [2.45, 2.75) is 24.4 Å². The Kier molecular flexibility index (Phi) is 5.46. The molecule has 0 saturated carbocycles. The molecular weight excluding hydrogens is 312 g/mol. The molecule has 1 fully saturated rings. The topological polar surface area (TPSA) is 110 Å². The first-order chi connectivity index (χ1) is 10.4. The molecule has 1 aliphatic heterocycles. The van der Waals surface area contributed by atoms with Gasteiger partial charge in [-0.25, -0.2) is 13.7 Å². The zero-order valence-electron chi connectivity index (χ0n) is 12.0. The van der Waals surface area contributed by atoms with Crippen LogP contribution in [0.3, 0.4) is 0 Å². The number of morpholine rings is 1. The Morgan fingerprint density at radius 2 is 2.14 bits per heavy atom. The minimum absolute atomic E-state index is 0.0809. The van der Waals surface area contributed by atoms with E-state index in [1.165, 1.54) is 31.2 Å². The summed E-state index contributed by atoms with van der Waals surface area (Å²) in [5.41, 5.74) is -0.654. The molecule has 9 heteroatoms. The fraction of sp³-hybridized carbons (Fsp3) is 0.538. The Hall–Kier alpha value is -1.55. The Labute approximate surface area is 128 Å². The first-order valence-electron chi connectivity index (χ1n) is 6.74. The number of nitro groups is 1. The zero-order valence-corrected chi connectivity index (χ0v) is 12.9. The molecule has 1 heterocycles. The van der Waals surface area contributed by atoms with Crippen molar-refractivity contribution in [3.8, 4) is 0 Å². The Balaban J connectivity index is 1.98. The lowest BCUT2D eigenvalue weighted by Crippen LogP contribution is -2.39. The first kappa shape index (κ1) is 16.8. The third kappa shape index (κ3) is 4.47. The van der Waals surface area contributed by atoms with E-state index >= 15 is 0 Å². The number of non-ortho nitro benzene ring substituents is 1. The molecule has 0 amide bonds. The van der Waals surface area contributed by atoms with Crippen molar-refractivity contribution in [3.63, 3.8) is 0 Å². The molecule has 2 atom stereocenters. The number of rotatable bonds is 6. The molecule has 1 aromatic carbocycles. The molecule has 121 valence electrons. The molecule has 0 aromatic heterocycles. The number of sulfone groups is 1. The highest BCUT2D eigenvalue weighted by atomic mass is 32.2. The van der Waals surface area contributed by atoms with Crippen LogP contribution >= 0.6 is 0 Å². The van der Waals surface area contributed by atoms with E-state index in [1.807, 2.05) is 0 Å². The maximum Gasteiger partial charge on any atom is 0.269 e. The summed E-state index contributed by atoms with van der Waals surface area (Å²) < 4.78 is 35.2. The summed E-state index contributed by atoms with van der Waals surface area (Å²) in [6.45, 7) is 2.76. The van der Waals surface area contributed by atoms with E-state index in [2.05, 4.69) is 5.32 Å². The molecule has 0 aliphatic carbocycles. The van der Waals surface area contributed by atoms with Gasteiger partial charge >= 0.3 is 0 Å². The lowest BCUT2D eigenvalue weighted by molar-refractivity contribution is -0.384. The van der Waals surface area contributed by atoms with E-state index in [4.69, 9.17) is 9.47 Å². The molecule has 8 nitrogen and oxygen atoms in total. The van der Waals surface area contributed by atoms with Crippen LogP contribution in [0, 0.1) is 10.1 Å². The normalized spacial score (nSPS) is 20.5. The van der Waals surface area contributed by atoms with E-state index in [9.17, 15) is 18.5 Å². The van der Waals surface area contributed by atoms with Crippen molar-refractivity contribution in [1.82, 2.24) is 5.32 Å². The monoisotopic (exact) mass is 329 g/mol. The van der Waals surface area contributed by atoms with Crippen molar-refractivity contribution in [3.05, 3.63) is 39.9 Å². The Morgan fingerprint density at radius 3 is 2.68 bits per heavy atom. The SMILES string of the molecule is CC(OC1C[N]CCO1)S(=O)(=O)Cc1ccc([N+](=O)[O-])cc1. The summed E-state index contributed by atoms with van der Waals surface area (Å²) >= 11 is 0. The predicted molar refractivity (Wildman–Crippen MR) is 77.9 cm³/mol. The van der Waals surface area contributed by atoms with Gasteiger partial charge in [-0.1, -0.05) is 12.1 Å². The van der Waals surface area contributed by atoms with E-state index < -0.39 is 26.5 Å². The number of hydrogen-bond acceptors (Lipinski definition) is 6. The molecule has 22 heavy (non-hydrogen) atoms. The van der Waals surface area contributed by atoms with Crippen molar-refractivity contribution < 1.29 is 22.8 Å². The van der Waals surface area contributed by atoms with Crippen LogP contribution in [0.25, 0.3) is 0 Å². The highest BCUT2D eigenvalue weighted by Gasteiger charge is 2.27. The number of benzene rings is 1. The molecule has 1 saturated heterocycles. The van der Waals surface area contributed by atoms with Gasteiger partial charge in [0.2, 0.25) is 0 Å². The van der Waals surface area contributed by atoms with Crippen LogP contribution in [0.5, 0.6) is 0 Å². The van der Waals surface area contributed by atoms with E-state index in [0.717, 1.165) is 0 Å². The number of nitro benzene ring substituents is 1. The van der Waals surface area contributed by atoms with Crippen LogP contribution in [0.15, 0.2) is 24.3 Å². The minimum Gasteiger partial charge on any atom is -0.350 e. The second kappa shape index (κ2) is 7.14. The molecule has 2 unspecified atom stereocenters. The number of hydrogen-bond donors (Lipinski definition) is 0. The fourth-order valence-electron chi connectivity index (χ4n) is 1.94. The van der Waals surface area contributed by atoms with Crippen molar-refractivity contribution in [2.75, 3.05) is 19.7 Å². The van der Waals surface area contributed by atoms with Crippen LogP contribution in [0.4, 0.5) is 5.69 Å². The third-order valence-electron chi connectivity index (χ3n) is 3.20. The minimum atomic E-state index is -3.56. The van der Waals surface area contributed by atoms with Gasteiger partial charge in [0.25, 0.3) is 5.69 Å². The Morgan fingerprint density at radius 1 is 1.45 bits per heavy atom. The summed E-state index contributed by atoms with van der Waals surface area (Å²) in [7, 11) is -3.56. The number of ether oxygens (including phenoxy) is 2. The van der Waals surface area contributed by atoms with Gasteiger partial charge < -0.3 is 9.47 Å². The lowest BCUT2D eigenvalue weighted by atomic mass is 10.2. The second-order valence-electron chi connectivity index (χ2n) is 4.86. The highest BCUT2D eigenvalue weighted by molar-refractivity contribution is 7.91. The van der Waals surface area contributed by atoms with Gasteiger partial charge in [0.05, 0.1) is 23.8 Å². The van der Waals surface area contributed by atoms with Crippen molar-refractivity contribution in [1.29, 1.82) is 0 Å². The van der Waals surface area contributed by atoms with Gasteiger partial charge in [-0.3, -0.25) is 10.1 Å². The van der Waals surface area contributed by atoms with Gasteiger partial charge in [0.15, 0.2) is 21.6 Å². The quantitative estimate of drug-likeness (QED) is 0.565. The van der Waals surface area contributed by atoms with Crippen LogP contribution in [-0.4, -0.2) is 44.8 Å². The summed E-state index contributed by atoms with van der Waals surface area (Å²) in [6.07, 6.45) is -0.643. The van der Waals surface area contributed by atoms with E-state index in [0.29, 0.717) is 25.3 Å². The summed E-state index contributed by atoms with van der Waals surface area (Å²) in [6, 6.07) is 5.41. The van der Waals surface area contributed by atoms with Crippen LogP contribution in [-0.2, 0) is 25.1 Å². The molecule has 2 rings (SSSR count). The van der Waals surface area contributed by atoms with Gasteiger partial charge in [-0.2, -0.15) is 0 Å². The maximum atomic E-state index is 12.2. The van der Waals surface area contributed by atoms with Gasteiger partial charge in [-0.05, 0) is 12.5 Å². The van der Waals surface area contributed by atoms with Gasteiger partial charge in [-0.15, -0.1) is 0 Å². The standard InChI is InChI=1S/C13H17N2O6S/c1-10(21-13-8-14-6-7-20-13)22(18,19)9-11-2-4-12(5-3-11)15(16)17/h2-5,10,13H,6-9H2,1H3. The van der Waals surface area contributed by atoms with Crippen molar-refractivity contribution in [2.24, 2.45) is 0 Å². The van der Waals surface area contributed by atoms with Crippen LogP contribution < -0.4 is 5.32 Å². The highest BCUT2D eigenvalue weighted by Crippen LogP contribution is 2.17. The van der Waals surface area contributed by atoms with E-state index in [-0.39, 0.29) is 11.4 Å². The third-order valence-corrected chi connectivity index (χ3v) is 5.05. The summed E-state index contributed by atoms with van der Waals surface area (Å²) in [5, 5.41) is 14.7. The molecule has 0 bridgehead atoms. The van der Waals surface area contributed by atoms with E-state index in [1.54, 1.807) is 0 Å². The molecule has 1 aromatic rings. The fourth-order valence-corrected chi connectivity index (χ4v) is 3.13. The zero-order chi connectivity index (χ0) is 16.2. The first-order valence-corrected chi connectivity index (χ1v) is 8.45. The largest absolute Gasteiger partial charge is 0.350 e. The predicted octanol–water partition coefficient (Wildman–Crippen LogP) is 0.833. The average molecular weight is 329 g/mol. The maximum absolute atomic E-state index is 12.2. The second-order valence-corrected chi connectivity index (χ2v) is 7.14. The lowest BCUT2D eigenvalue weighted by Gasteiger charge is -2.25. The van der Waals surface area contributed by atoms with Crippen LogP contribution in [0.2, 0.25) is 0 Å². The molecular formula is C13H17N2O6S. The molecule has 0 spiro atoms. The summed E-state index contributed by atoms with van der Waals surface area (Å²) in [4.78, 5) is 10.0.